The van der Waals surface area contributed by atoms with Gasteiger partial charge in [0.05, 0.1) is 21.4 Å². The van der Waals surface area contributed by atoms with E-state index in [0.29, 0.717) is 0 Å². The van der Waals surface area contributed by atoms with E-state index >= 15 is 0 Å². The normalized spacial score (nSPS) is 11.4. The number of sulfonamides is 1. The topological polar surface area (TPSA) is 72.2 Å². The van der Waals surface area contributed by atoms with Gasteiger partial charge in [-0.25, -0.2) is 17.2 Å². The fourth-order valence-electron chi connectivity index (χ4n) is 1.53. The van der Waals surface area contributed by atoms with Gasteiger partial charge >= 0.3 is 0 Å². The number of halogens is 4. The van der Waals surface area contributed by atoms with Crippen LogP contribution in [0.25, 0.3) is 0 Å². The zero-order valence-corrected chi connectivity index (χ0v) is 12.5. The van der Waals surface area contributed by atoms with Crippen molar-refractivity contribution >= 4 is 44.6 Å². The zero-order chi connectivity index (χ0) is 15.8. The highest BCUT2D eigenvalue weighted by Crippen LogP contribution is 2.30. The lowest BCUT2D eigenvalue weighted by Crippen LogP contribution is -2.14. The Labute approximate surface area is 129 Å². The minimum atomic E-state index is -4.20. The largest absolute Gasteiger partial charge is 0.396 e. The summed E-state index contributed by atoms with van der Waals surface area (Å²) in [7, 11) is -4.20. The maximum absolute atomic E-state index is 13.2. The Morgan fingerprint density at radius 3 is 2.38 bits per heavy atom. The van der Waals surface area contributed by atoms with Gasteiger partial charge in [0, 0.05) is 0 Å². The Balaban J connectivity index is 2.48. The molecule has 0 amide bonds. The molecule has 0 saturated carbocycles. The smallest absolute Gasteiger partial charge is 0.263 e. The van der Waals surface area contributed by atoms with E-state index in [-0.39, 0.29) is 21.4 Å². The van der Waals surface area contributed by atoms with Gasteiger partial charge in [-0.1, -0.05) is 23.2 Å². The Morgan fingerprint density at radius 1 is 1.05 bits per heavy atom. The molecule has 0 aliphatic heterocycles. The number of nitrogens with one attached hydrogen (secondary N) is 1. The molecule has 0 radical (unpaired) electrons. The summed E-state index contributed by atoms with van der Waals surface area (Å²) in [5.74, 6) is -1.52. The van der Waals surface area contributed by atoms with Crippen molar-refractivity contribution in [2.45, 2.75) is 4.90 Å². The summed E-state index contributed by atoms with van der Waals surface area (Å²) >= 11 is 11.5. The van der Waals surface area contributed by atoms with Gasteiger partial charge in [0.1, 0.15) is 16.5 Å². The lowest BCUT2D eigenvalue weighted by molar-refractivity contribution is 0.600. The van der Waals surface area contributed by atoms with Gasteiger partial charge in [-0.3, -0.25) is 4.72 Å². The van der Waals surface area contributed by atoms with E-state index in [4.69, 9.17) is 28.9 Å². The first-order chi connectivity index (χ1) is 9.70. The van der Waals surface area contributed by atoms with Crippen LogP contribution in [0.2, 0.25) is 10.0 Å². The summed E-state index contributed by atoms with van der Waals surface area (Å²) in [6.07, 6.45) is 0. The van der Waals surface area contributed by atoms with Crippen molar-refractivity contribution in [2.24, 2.45) is 0 Å². The summed E-state index contributed by atoms with van der Waals surface area (Å²) in [4.78, 5) is -0.441. The molecule has 0 unspecified atom stereocenters. The first kappa shape index (κ1) is 15.8. The average molecular weight is 353 g/mol. The molecule has 2 rings (SSSR count). The predicted octanol–water partition coefficient (Wildman–Crippen LogP) is 3.65. The van der Waals surface area contributed by atoms with Crippen LogP contribution < -0.4 is 10.5 Å². The van der Waals surface area contributed by atoms with Crippen molar-refractivity contribution in [2.75, 3.05) is 10.5 Å². The Bertz CT molecular complexity index is 813. The van der Waals surface area contributed by atoms with E-state index in [2.05, 4.69) is 4.72 Å². The number of anilines is 2. The van der Waals surface area contributed by atoms with E-state index in [1.807, 2.05) is 0 Å². The molecular formula is C12H8Cl2F2N2O2S. The first-order valence-electron chi connectivity index (χ1n) is 5.43. The van der Waals surface area contributed by atoms with Crippen molar-refractivity contribution in [3.8, 4) is 0 Å². The molecule has 0 bridgehead atoms. The molecule has 0 atom stereocenters. The van der Waals surface area contributed by atoms with Gasteiger partial charge in [0.2, 0.25) is 0 Å². The monoisotopic (exact) mass is 352 g/mol. The number of nitrogen functional groups attached to an aromatic ring is 1. The Morgan fingerprint density at radius 2 is 1.71 bits per heavy atom. The number of benzene rings is 2. The highest BCUT2D eigenvalue weighted by atomic mass is 35.5. The van der Waals surface area contributed by atoms with E-state index in [0.717, 1.165) is 24.3 Å². The van der Waals surface area contributed by atoms with Crippen molar-refractivity contribution in [1.29, 1.82) is 0 Å². The fraction of sp³-hybridized carbons (Fsp3) is 0. The summed E-state index contributed by atoms with van der Waals surface area (Å²) < 4.78 is 52.8. The molecule has 0 aliphatic carbocycles. The second-order valence-corrected chi connectivity index (χ2v) is 6.50. The summed E-state index contributed by atoms with van der Waals surface area (Å²) in [6.45, 7) is 0. The minimum Gasteiger partial charge on any atom is -0.396 e. The number of nitrogens with two attached hydrogens (primary N) is 1. The lowest BCUT2D eigenvalue weighted by atomic mass is 10.3. The molecule has 0 heterocycles. The molecule has 0 spiro atoms. The second kappa shape index (κ2) is 5.67. The van der Waals surface area contributed by atoms with Crippen LogP contribution >= 0.6 is 23.2 Å². The van der Waals surface area contributed by atoms with Crippen LogP contribution in [-0.4, -0.2) is 8.42 Å². The van der Waals surface area contributed by atoms with Crippen LogP contribution in [0.3, 0.4) is 0 Å². The Kier molecular flexibility index (Phi) is 4.27. The van der Waals surface area contributed by atoms with Crippen LogP contribution in [0.4, 0.5) is 20.2 Å². The van der Waals surface area contributed by atoms with Gasteiger partial charge in [-0.15, -0.1) is 0 Å². The number of hydrogen-bond acceptors (Lipinski definition) is 3. The molecule has 3 N–H and O–H groups in total. The van der Waals surface area contributed by atoms with Crippen LogP contribution in [-0.2, 0) is 10.0 Å². The summed E-state index contributed by atoms with van der Waals surface area (Å²) in [5.41, 5.74) is 4.77. The highest BCUT2D eigenvalue weighted by Gasteiger charge is 2.21. The number of rotatable bonds is 3. The molecule has 112 valence electrons. The molecule has 4 nitrogen and oxygen atoms in total. The first-order valence-corrected chi connectivity index (χ1v) is 7.67. The Hall–Kier alpha value is -1.57. The molecule has 2 aromatic rings. The summed E-state index contributed by atoms with van der Waals surface area (Å²) in [6, 6.07) is 4.81. The fourth-order valence-corrected chi connectivity index (χ4v) is 3.37. The summed E-state index contributed by atoms with van der Waals surface area (Å²) in [5, 5.41) is -0.368. The standard InChI is InChI=1S/C12H8Cl2F2N2O2S/c13-7-2-1-6(15)3-11(7)18-21(19,20)12-5-10(17)9(16)4-8(12)14/h1-5,18H,17H2. The molecule has 0 aliphatic rings. The predicted molar refractivity (Wildman–Crippen MR) is 78.0 cm³/mol. The minimum absolute atomic E-state index is 0.00817. The van der Waals surface area contributed by atoms with Crippen molar-refractivity contribution in [3.63, 3.8) is 0 Å². The van der Waals surface area contributed by atoms with Crippen LogP contribution in [0.1, 0.15) is 0 Å². The van der Waals surface area contributed by atoms with Crippen molar-refractivity contribution in [1.82, 2.24) is 0 Å². The molecule has 0 saturated heterocycles. The van der Waals surface area contributed by atoms with E-state index in [1.165, 1.54) is 6.07 Å². The van der Waals surface area contributed by atoms with Crippen LogP contribution in [0.5, 0.6) is 0 Å². The van der Waals surface area contributed by atoms with Crippen LogP contribution in [0, 0.1) is 11.6 Å². The maximum atomic E-state index is 13.2. The van der Waals surface area contributed by atoms with Gasteiger partial charge < -0.3 is 5.73 Å². The average Bonchev–Trinajstić information content (AvgIpc) is 2.37. The third-order valence-corrected chi connectivity index (χ3v) is 4.67. The molecule has 2 aromatic carbocycles. The van der Waals surface area contributed by atoms with Gasteiger partial charge in [-0.05, 0) is 30.3 Å². The van der Waals surface area contributed by atoms with Crippen molar-refractivity contribution in [3.05, 3.63) is 52.0 Å². The highest BCUT2D eigenvalue weighted by molar-refractivity contribution is 7.92. The second-order valence-electron chi connectivity index (χ2n) is 4.03. The third kappa shape index (κ3) is 3.37. The molecule has 0 fully saturated rings. The van der Waals surface area contributed by atoms with Gasteiger partial charge in [0.15, 0.2) is 0 Å². The quantitative estimate of drug-likeness (QED) is 0.828. The maximum Gasteiger partial charge on any atom is 0.263 e. The number of hydrogen-bond donors (Lipinski definition) is 2. The zero-order valence-electron chi connectivity index (χ0n) is 10.2. The SMILES string of the molecule is Nc1cc(S(=O)(=O)Nc2cc(F)ccc2Cl)c(Cl)cc1F. The third-order valence-electron chi connectivity index (χ3n) is 2.51. The lowest BCUT2D eigenvalue weighted by Gasteiger charge is -2.11. The molecular weight excluding hydrogens is 345 g/mol. The van der Waals surface area contributed by atoms with Crippen LogP contribution in [0.15, 0.2) is 35.2 Å². The molecule has 0 aromatic heterocycles. The van der Waals surface area contributed by atoms with E-state index < -0.39 is 26.6 Å². The van der Waals surface area contributed by atoms with Gasteiger partial charge in [-0.2, -0.15) is 0 Å². The van der Waals surface area contributed by atoms with E-state index in [9.17, 15) is 17.2 Å². The van der Waals surface area contributed by atoms with E-state index in [1.54, 1.807) is 0 Å². The molecule has 9 heteroatoms. The van der Waals surface area contributed by atoms with Crippen molar-refractivity contribution < 1.29 is 17.2 Å². The van der Waals surface area contributed by atoms with Gasteiger partial charge in [0.25, 0.3) is 10.0 Å². The molecule has 21 heavy (non-hydrogen) atoms.